The van der Waals surface area contributed by atoms with Gasteiger partial charge in [0.25, 0.3) is 0 Å². The number of imidazole rings is 1. The molecule has 55 heavy (non-hydrogen) atoms. The highest BCUT2D eigenvalue weighted by atomic mass is 35.5. The molecular formula is C38H42ClF6N3O6S. The van der Waals surface area contributed by atoms with Crippen molar-refractivity contribution in [3.8, 4) is 17.2 Å². The summed E-state index contributed by atoms with van der Waals surface area (Å²) in [5.41, 5.74) is 2.88. The fraction of sp³-hybridized carbons (Fsp3) is 0.421. The predicted octanol–water partition coefficient (Wildman–Crippen LogP) is 8.49. The number of carbonyl (C=O) groups is 1. The SMILES string of the molecule is COc1cc(C2(C)CCCc3nc(SCc4c(F)ccc(OCCOCCOCCN(C)C)c4F)n(-c4ccc(F)cc4)c32)ccc1Cl.O=C(O)C(F)(F)F. The van der Waals surface area contributed by atoms with Gasteiger partial charge in [0.15, 0.2) is 16.7 Å². The Kier molecular flexibility index (Phi) is 15.7. The number of thioether (sulfide) groups is 1. The van der Waals surface area contributed by atoms with Gasteiger partial charge in [-0.1, -0.05) is 29.4 Å². The number of halogens is 7. The quantitative estimate of drug-likeness (QED) is 0.0679. The zero-order chi connectivity index (χ0) is 40.3. The molecule has 3 aromatic carbocycles. The van der Waals surface area contributed by atoms with Crippen LogP contribution in [0.2, 0.25) is 5.02 Å². The molecule has 0 spiro atoms. The first-order chi connectivity index (χ1) is 26.1. The van der Waals surface area contributed by atoms with E-state index in [1.165, 1.54) is 36.0 Å². The van der Waals surface area contributed by atoms with Crippen molar-refractivity contribution in [1.29, 1.82) is 0 Å². The third kappa shape index (κ3) is 11.5. The Hall–Kier alpha value is -3.96. The van der Waals surface area contributed by atoms with Crippen LogP contribution in [0, 0.1) is 17.5 Å². The third-order valence-corrected chi connectivity index (χ3v) is 9.96. The highest BCUT2D eigenvalue weighted by molar-refractivity contribution is 7.98. The van der Waals surface area contributed by atoms with Crippen molar-refractivity contribution in [2.75, 3.05) is 60.8 Å². The molecule has 4 aromatic rings. The van der Waals surface area contributed by atoms with Crippen LogP contribution in [0.1, 0.15) is 42.3 Å². The number of aryl methyl sites for hydroxylation is 1. The molecule has 17 heteroatoms. The van der Waals surface area contributed by atoms with E-state index in [0.29, 0.717) is 41.4 Å². The van der Waals surface area contributed by atoms with Crippen LogP contribution >= 0.6 is 23.4 Å². The molecular weight excluding hydrogens is 776 g/mol. The van der Waals surface area contributed by atoms with Crippen molar-refractivity contribution in [1.82, 2.24) is 14.5 Å². The van der Waals surface area contributed by atoms with E-state index in [4.69, 9.17) is 45.4 Å². The summed E-state index contributed by atoms with van der Waals surface area (Å²) in [6.07, 6.45) is -2.65. The summed E-state index contributed by atoms with van der Waals surface area (Å²) in [7, 11) is 5.53. The second-order valence-electron chi connectivity index (χ2n) is 12.8. The third-order valence-electron chi connectivity index (χ3n) is 8.68. The lowest BCUT2D eigenvalue weighted by molar-refractivity contribution is -0.192. The molecule has 1 aromatic heterocycles. The number of alkyl halides is 3. The average Bonchev–Trinajstić information content (AvgIpc) is 3.51. The number of likely N-dealkylation sites (N-methyl/N-ethyl adjacent to an activating group) is 1. The number of benzene rings is 3. The molecule has 1 aliphatic rings. The molecule has 1 heterocycles. The molecule has 1 aliphatic carbocycles. The number of hydrogen-bond donors (Lipinski definition) is 1. The average molecular weight is 818 g/mol. The number of aromatic nitrogens is 2. The molecule has 0 amide bonds. The van der Waals surface area contributed by atoms with Gasteiger partial charge in [-0.2, -0.15) is 13.2 Å². The van der Waals surface area contributed by atoms with Crippen LogP contribution in [-0.2, 0) is 31.9 Å². The van der Waals surface area contributed by atoms with Gasteiger partial charge in [-0.25, -0.2) is 22.9 Å². The molecule has 1 atom stereocenters. The predicted molar refractivity (Wildman–Crippen MR) is 196 cm³/mol. The highest BCUT2D eigenvalue weighted by Gasteiger charge is 2.40. The fourth-order valence-corrected chi connectivity index (χ4v) is 7.09. The molecule has 9 nitrogen and oxygen atoms in total. The van der Waals surface area contributed by atoms with Gasteiger partial charge in [-0.15, -0.1) is 0 Å². The van der Waals surface area contributed by atoms with Gasteiger partial charge in [0.05, 0.1) is 49.9 Å². The van der Waals surface area contributed by atoms with E-state index in [1.807, 2.05) is 41.8 Å². The maximum Gasteiger partial charge on any atom is 0.490 e. The standard InChI is InChI=1S/C36H41ClF3N3O4S.C2HF3O2/c1-36(24-7-12-28(37)32(22-24)44-4)15-5-6-30-34(36)43(26-10-8-25(38)9-11-26)35(41-30)48-23-27-29(39)13-14-31(33(27)40)47-21-20-46-19-18-45-17-16-42(2)3;3-2(4,5)1(6)7/h7-14,22H,5-6,15-21,23H2,1-4H3;(H,6,7). The number of ether oxygens (including phenoxy) is 4. The molecule has 0 radical (unpaired) electrons. The van der Waals surface area contributed by atoms with Gasteiger partial charge >= 0.3 is 12.1 Å². The fourth-order valence-electron chi connectivity index (χ4n) is 5.86. The zero-order valence-electron chi connectivity index (χ0n) is 30.7. The van der Waals surface area contributed by atoms with Crippen LogP contribution < -0.4 is 9.47 Å². The van der Waals surface area contributed by atoms with Crippen LogP contribution in [0.25, 0.3) is 5.69 Å². The Morgan fingerprint density at radius 1 is 0.982 bits per heavy atom. The second kappa shape index (κ2) is 19.8. The Labute approximate surface area is 324 Å². The molecule has 0 aliphatic heterocycles. The summed E-state index contributed by atoms with van der Waals surface area (Å²) in [6, 6.07) is 14.4. The summed E-state index contributed by atoms with van der Waals surface area (Å²) >= 11 is 7.58. The number of fused-ring (bicyclic) bond motifs is 1. The van der Waals surface area contributed by atoms with Crippen LogP contribution in [0.15, 0.2) is 59.8 Å². The number of hydrogen-bond acceptors (Lipinski definition) is 8. The van der Waals surface area contributed by atoms with Crippen molar-refractivity contribution in [3.63, 3.8) is 0 Å². The first-order valence-corrected chi connectivity index (χ1v) is 18.5. The Morgan fingerprint density at radius 2 is 1.64 bits per heavy atom. The summed E-state index contributed by atoms with van der Waals surface area (Å²) in [4.78, 5) is 15.9. The van der Waals surface area contributed by atoms with Crippen LogP contribution in [0.3, 0.4) is 0 Å². The van der Waals surface area contributed by atoms with Crippen molar-refractivity contribution >= 4 is 29.3 Å². The van der Waals surface area contributed by atoms with E-state index in [1.54, 1.807) is 19.2 Å². The first-order valence-electron chi connectivity index (χ1n) is 17.1. The Bertz CT molecular complexity index is 1900. The first kappa shape index (κ1) is 43.8. The summed E-state index contributed by atoms with van der Waals surface area (Å²) < 4.78 is 101. The summed E-state index contributed by atoms with van der Waals surface area (Å²) in [5.74, 6) is -4.10. The number of carboxylic acids is 1. The molecule has 5 rings (SSSR count). The highest BCUT2D eigenvalue weighted by Crippen LogP contribution is 2.47. The van der Waals surface area contributed by atoms with Gasteiger partial charge in [0.2, 0.25) is 0 Å². The maximum atomic E-state index is 15.6. The minimum atomic E-state index is -5.08. The van der Waals surface area contributed by atoms with E-state index in [9.17, 15) is 17.6 Å². The van der Waals surface area contributed by atoms with Gasteiger partial charge in [-0.05, 0) is 94.4 Å². The molecule has 0 bridgehead atoms. The Balaban J connectivity index is 0.000000876. The lowest BCUT2D eigenvalue weighted by Crippen LogP contribution is -2.31. The van der Waals surface area contributed by atoms with E-state index < -0.39 is 29.2 Å². The smallest absolute Gasteiger partial charge is 0.490 e. The molecule has 0 fully saturated rings. The molecule has 1 N–H and O–H groups in total. The second-order valence-corrected chi connectivity index (χ2v) is 14.2. The topological polar surface area (TPSA) is 95.3 Å². The number of rotatable bonds is 16. The van der Waals surface area contributed by atoms with Crippen molar-refractivity contribution in [2.45, 2.75) is 48.7 Å². The van der Waals surface area contributed by atoms with E-state index in [-0.39, 0.29) is 36.1 Å². The molecule has 0 saturated heterocycles. The van der Waals surface area contributed by atoms with Gasteiger partial charge in [-0.3, -0.25) is 4.57 Å². The van der Waals surface area contributed by atoms with Crippen molar-refractivity contribution in [2.24, 2.45) is 0 Å². The van der Waals surface area contributed by atoms with Crippen LogP contribution in [0.4, 0.5) is 26.3 Å². The van der Waals surface area contributed by atoms with Gasteiger partial charge in [0.1, 0.15) is 24.0 Å². The number of nitrogens with zero attached hydrogens (tertiary/aromatic N) is 3. The molecule has 0 saturated carbocycles. The van der Waals surface area contributed by atoms with Crippen molar-refractivity contribution in [3.05, 3.63) is 99.6 Å². The monoisotopic (exact) mass is 817 g/mol. The van der Waals surface area contributed by atoms with E-state index in [0.717, 1.165) is 42.8 Å². The van der Waals surface area contributed by atoms with Crippen molar-refractivity contribution < 1.29 is 55.2 Å². The lowest BCUT2D eigenvalue weighted by atomic mass is 9.71. The summed E-state index contributed by atoms with van der Waals surface area (Å²) in [5, 5.41) is 8.18. The molecule has 1 unspecified atom stereocenters. The molecule has 300 valence electrons. The summed E-state index contributed by atoms with van der Waals surface area (Å²) in [6.45, 7) is 4.75. The number of methoxy groups -OCH3 is 1. The van der Waals surface area contributed by atoms with E-state index >= 15 is 8.78 Å². The van der Waals surface area contributed by atoms with Gasteiger partial charge in [0, 0.05) is 29.0 Å². The minimum absolute atomic E-state index is 0.0434. The number of carboxylic acid groups (broad SMARTS) is 1. The maximum absolute atomic E-state index is 15.6. The normalized spacial score (nSPS) is 15.3. The van der Waals surface area contributed by atoms with Gasteiger partial charge < -0.3 is 29.0 Å². The largest absolute Gasteiger partial charge is 0.495 e. The van der Waals surface area contributed by atoms with Crippen LogP contribution in [0.5, 0.6) is 11.5 Å². The number of aliphatic carboxylic acids is 1. The Morgan fingerprint density at radius 3 is 2.27 bits per heavy atom. The lowest BCUT2D eigenvalue weighted by Gasteiger charge is -2.36. The van der Waals surface area contributed by atoms with E-state index in [2.05, 4.69) is 6.92 Å². The van der Waals surface area contributed by atoms with Crippen LogP contribution in [-0.4, -0.2) is 92.5 Å². The zero-order valence-corrected chi connectivity index (χ0v) is 32.2. The minimum Gasteiger partial charge on any atom is -0.495 e.